The van der Waals surface area contributed by atoms with E-state index in [0.29, 0.717) is 0 Å². The molecule has 10 heteroatoms. The molecule has 1 aliphatic rings. The third-order valence-electron chi connectivity index (χ3n) is 3.97. The minimum Gasteiger partial charge on any atom is -0.329 e. The van der Waals surface area contributed by atoms with Gasteiger partial charge in [-0.1, -0.05) is 0 Å². The van der Waals surface area contributed by atoms with Crippen LogP contribution in [0, 0.1) is 5.92 Å². The van der Waals surface area contributed by atoms with Gasteiger partial charge in [0.25, 0.3) is 5.56 Å². The van der Waals surface area contributed by atoms with Gasteiger partial charge in [0.05, 0.1) is 0 Å². The third-order valence-corrected chi connectivity index (χ3v) is 5.57. The van der Waals surface area contributed by atoms with Gasteiger partial charge in [0.2, 0.25) is 10.0 Å². The van der Waals surface area contributed by atoms with Crippen LogP contribution in [0.25, 0.3) is 0 Å². The zero-order valence-electron chi connectivity index (χ0n) is 12.7. The van der Waals surface area contributed by atoms with Gasteiger partial charge in [-0.15, -0.1) is 12.4 Å². The highest BCUT2D eigenvalue weighted by Gasteiger charge is 2.43. The zero-order valence-corrected chi connectivity index (χ0v) is 14.3. The first-order valence-corrected chi connectivity index (χ1v) is 8.11. The van der Waals surface area contributed by atoms with E-state index in [1.807, 2.05) is 0 Å². The molecule has 0 bridgehead atoms. The van der Waals surface area contributed by atoms with E-state index in [-0.39, 0.29) is 24.9 Å². The smallest absolute Gasteiger partial charge is 0.329 e. The van der Waals surface area contributed by atoms with Crippen molar-refractivity contribution >= 4 is 22.4 Å². The second kappa shape index (κ2) is 6.15. The maximum atomic E-state index is 12.5. The lowest BCUT2D eigenvalue weighted by molar-refractivity contribution is 0.373. The van der Waals surface area contributed by atoms with E-state index in [1.165, 1.54) is 14.1 Å². The molecular formula is C12H21ClN4O4S. The standard InChI is InChI=1S/C12H20N4O4S.ClH/c1-12(7-13,8-4-5-8)14-21(19,20)9-6-15(2)11(18)16(3)10(9)17;/h6,8,14H,4-5,7,13H2,1-3H3;1H. The molecule has 1 aromatic rings. The molecule has 0 radical (unpaired) electrons. The van der Waals surface area contributed by atoms with Gasteiger partial charge in [0, 0.05) is 32.4 Å². The fourth-order valence-corrected chi connectivity index (χ4v) is 3.97. The number of nitrogens with one attached hydrogen (secondary N) is 1. The first-order valence-electron chi connectivity index (χ1n) is 6.63. The average Bonchev–Trinajstić information content (AvgIpc) is 3.24. The van der Waals surface area contributed by atoms with E-state index in [1.54, 1.807) is 6.92 Å². The molecule has 0 aliphatic heterocycles. The van der Waals surface area contributed by atoms with Crippen molar-refractivity contribution in [1.29, 1.82) is 0 Å². The van der Waals surface area contributed by atoms with Crippen molar-refractivity contribution in [2.45, 2.75) is 30.2 Å². The second-order valence-corrected chi connectivity index (χ2v) is 7.40. The first-order chi connectivity index (χ1) is 9.62. The van der Waals surface area contributed by atoms with Crippen LogP contribution in [0.1, 0.15) is 19.8 Å². The first kappa shape index (κ1) is 18.9. The minimum atomic E-state index is -4.05. The van der Waals surface area contributed by atoms with Gasteiger partial charge in [0.1, 0.15) is 0 Å². The van der Waals surface area contributed by atoms with Gasteiger partial charge in [-0.3, -0.25) is 9.36 Å². The molecule has 1 aliphatic carbocycles. The van der Waals surface area contributed by atoms with Crippen LogP contribution in [0.2, 0.25) is 0 Å². The monoisotopic (exact) mass is 352 g/mol. The molecule has 8 nitrogen and oxygen atoms in total. The number of rotatable bonds is 5. The summed E-state index contributed by atoms with van der Waals surface area (Å²) in [6, 6.07) is 0. The molecule has 1 atom stereocenters. The van der Waals surface area contributed by atoms with Crippen LogP contribution >= 0.6 is 12.4 Å². The SMILES string of the molecule is Cl.Cn1cc(S(=O)(=O)NC(C)(CN)C2CC2)c(=O)n(C)c1=O. The van der Waals surface area contributed by atoms with Gasteiger partial charge in [0.15, 0.2) is 4.90 Å². The van der Waals surface area contributed by atoms with Crippen LogP contribution in [0.15, 0.2) is 20.7 Å². The molecule has 22 heavy (non-hydrogen) atoms. The van der Waals surface area contributed by atoms with Gasteiger partial charge in [-0.2, -0.15) is 0 Å². The van der Waals surface area contributed by atoms with Crippen molar-refractivity contribution in [3.63, 3.8) is 0 Å². The summed E-state index contributed by atoms with van der Waals surface area (Å²) in [6.45, 7) is 1.87. The van der Waals surface area contributed by atoms with Crippen molar-refractivity contribution in [1.82, 2.24) is 13.9 Å². The molecule has 1 unspecified atom stereocenters. The van der Waals surface area contributed by atoms with E-state index in [4.69, 9.17) is 5.73 Å². The molecule has 0 amide bonds. The summed E-state index contributed by atoms with van der Waals surface area (Å²) in [4.78, 5) is 23.2. The summed E-state index contributed by atoms with van der Waals surface area (Å²) >= 11 is 0. The highest BCUT2D eigenvalue weighted by Crippen LogP contribution is 2.39. The molecule has 1 saturated carbocycles. The van der Waals surface area contributed by atoms with E-state index < -0.39 is 31.7 Å². The van der Waals surface area contributed by atoms with Gasteiger partial charge in [-0.05, 0) is 25.7 Å². The third kappa shape index (κ3) is 3.27. The highest BCUT2D eigenvalue weighted by molar-refractivity contribution is 7.89. The molecule has 1 fully saturated rings. The summed E-state index contributed by atoms with van der Waals surface area (Å²) in [7, 11) is -1.42. The zero-order chi connectivity index (χ0) is 16.0. The van der Waals surface area contributed by atoms with E-state index in [0.717, 1.165) is 28.2 Å². The summed E-state index contributed by atoms with van der Waals surface area (Å²) in [5.74, 6) is 0.175. The highest BCUT2D eigenvalue weighted by atomic mass is 35.5. The van der Waals surface area contributed by atoms with Crippen molar-refractivity contribution in [3.8, 4) is 0 Å². The second-order valence-electron chi connectivity index (χ2n) is 5.75. The van der Waals surface area contributed by atoms with Crippen molar-refractivity contribution in [2.75, 3.05) is 6.54 Å². The molecule has 2 rings (SSSR count). The van der Waals surface area contributed by atoms with E-state index in [9.17, 15) is 18.0 Å². The predicted molar refractivity (Wildman–Crippen MR) is 84.7 cm³/mol. The quantitative estimate of drug-likeness (QED) is 0.698. The van der Waals surface area contributed by atoms with Crippen molar-refractivity contribution in [3.05, 3.63) is 27.0 Å². The number of nitrogens with two attached hydrogens (primary N) is 1. The summed E-state index contributed by atoms with van der Waals surface area (Å²) < 4.78 is 29.3. The Morgan fingerprint density at radius 1 is 1.36 bits per heavy atom. The van der Waals surface area contributed by atoms with Crippen LogP contribution in [-0.4, -0.2) is 29.6 Å². The average molecular weight is 353 g/mol. The van der Waals surface area contributed by atoms with Crippen LogP contribution in [0.4, 0.5) is 0 Å². The molecule has 0 spiro atoms. The molecule has 1 aromatic heterocycles. The molecule has 0 aromatic carbocycles. The number of aryl methyl sites for hydroxylation is 1. The Morgan fingerprint density at radius 3 is 2.36 bits per heavy atom. The Kier molecular flexibility index (Phi) is 5.28. The van der Waals surface area contributed by atoms with Crippen LogP contribution < -0.4 is 21.7 Å². The number of hydrogen-bond donors (Lipinski definition) is 2. The summed E-state index contributed by atoms with van der Waals surface area (Å²) in [5, 5.41) is 0. The number of sulfonamides is 1. The van der Waals surface area contributed by atoms with Crippen LogP contribution in [0.5, 0.6) is 0 Å². The Hall–Kier alpha value is -1.16. The minimum absolute atomic E-state index is 0. The number of aromatic nitrogens is 2. The number of nitrogens with zero attached hydrogens (tertiary/aromatic N) is 2. The van der Waals surface area contributed by atoms with Crippen molar-refractivity contribution < 1.29 is 8.42 Å². The summed E-state index contributed by atoms with van der Waals surface area (Å²) in [5.41, 5.74) is 3.48. The Morgan fingerprint density at radius 2 is 1.91 bits per heavy atom. The lowest BCUT2D eigenvalue weighted by Gasteiger charge is -2.28. The van der Waals surface area contributed by atoms with Gasteiger partial charge >= 0.3 is 5.69 Å². The maximum absolute atomic E-state index is 12.5. The Labute approximate surface area is 134 Å². The molecular weight excluding hydrogens is 332 g/mol. The lowest BCUT2D eigenvalue weighted by Crippen LogP contribution is -2.54. The molecule has 3 N–H and O–H groups in total. The van der Waals surface area contributed by atoms with Crippen LogP contribution in [0.3, 0.4) is 0 Å². The van der Waals surface area contributed by atoms with Gasteiger partial charge < -0.3 is 10.3 Å². The molecule has 126 valence electrons. The normalized spacial score (nSPS) is 17.6. The van der Waals surface area contributed by atoms with E-state index in [2.05, 4.69) is 4.72 Å². The van der Waals surface area contributed by atoms with E-state index >= 15 is 0 Å². The van der Waals surface area contributed by atoms with Gasteiger partial charge in [-0.25, -0.2) is 17.9 Å². The van der Waals surface area contributed by atoms with Crippen molar-refractivity contribution in [2.24, 2.45) is 25.7 Å². The fraction of sp³-hybridized carbons (Fsp3) is 0.667. The van der Waals surface area contributed by atoms with Crippen LogP contribution in [-0.2, 0) is 24.1 Å². The molecule has 1 heterocycles. The topological polar surface area (TPSA) is 116 Å². The largest absolute Gasteiger partial charge is 0.330 e. The predicted octanol–water partition coefficient (Wildman–Crippen LogP) is -1.09. The Balaban J connectivity index is 0.00000242. The maximum Gasteiger partial charge on any atom is 0.330 e. The fourth-order valence-electron chi connectivity index (χ4n) is 2.33. The summed E-state index contributed by atoms with van der Waals surface area (Å²) in [6.07, 6.45) is 2.85. The lowest BCUT2D eigenvalue weighted by atomic mass is 9.98. The number of halogens is 1. The number of hydrogen-bond acceptors (Lipinski definition) is 5. The molecule has 0 saturated heterocycles. The Bertz CT molecular complexity index is 781.